The number of hydrogen-bond acceptors (Lipinski definition) is 0. The van der Waals surface area contributed by atoms with E-state index in [0.29, 0.717) is 10.8 Å². The second kappa shape index (κ2) is 4.23. The van der Waals surface area contributed by atoms with Crippen molar-refractivity contribution in [3.8, 4) is 0 Å². The van der Waals surface area contributed by atoms with Crippen molar-refractivity contribution < 1.29 is 0 Å². The topological polar surface area (TPSA) is 0 Å². The van der Waals surface area contributed by atoms with E-state index in [1.807, 2.05) is 0 Å². The molecule has 0 nitrogen and oxygen atoms in total. The fourth-order valence-corrected chi connectivity index (χ4v) is 1.76. The zero-order chi connectivity index (χ0) is 8.20. The third-order valence-corrected chi connectivity index (χ3v) is 1.81. The van der Waals surface area contributed by atoms with Crippen LogP contribution >= 0.6 is 11.6 Å². The molecule has 0 aromatic rings. The molecule has 0 bridgehead atoms. The standard InChI is InChI=1S/C9H19Cl/c1-5-6-8(10)7-9(2,3)4/h8H,5-7H2,1-4H3. The number of hydrogen-bond donors (Lipinski definition) is 0. The van der Waals surface area contributed by atoms with Crippen LogP contribution in [0.5, 0.6) is 0 Å². The molecule has 1 unspecified atom stereocenters. The zero-order valence-electron chi connectivity index (χ0n) is 7.58. The molecule has 0 aromatic heterocycles. The lowest BCUT2D eigenvalue weighted by atomic mass is 9.89. The minimum absolute atomic E-state index is 0.380. The smallest absolute Gasteiger partial charge is 0.0341 e. The van der Waals surface area contributed by atoms with E-state index in [9.17, 15) is 0 Å². The molecule has 0 saturated carbocycles. The Kier molecular flexibility index (Phi) is 4.35. The molecule has 0 saturated heterocycles. The second-order valence-corrected chi connectivity index (χ2v) is 4.77. The molecule has 0 heterocycles. The molecule has 10 heavy (non-hydrogen) atoms. The van der Waals surface area contributed by atoms with E-state index in [-0.39, 0.29) is 0 Å². The quantitative estimate of drug-likeness (QED) is 0.554. The predicted octanol–water partition coefficient (Wildman–Crippen LogP) is 3.83. The monoisotopic (exact) mass is 162 g/mol. The lowest BCUT2D eigenvalue weighted by Crippen LogP contribution is -2.12. The highest BCUT2D eigenvalue weighted by atomic mass is 35.5. The predicted molar refractivity (Wildman–Crippen MR) is 48.6 cm³/mol. The Morgan fingerprint density at radius 3 is 2.10 bits per heavy atom. The van der Waals surface area contributed by atoms with Gasteiger partial charge in [0, 0.05) is 5.38 Å². The van der Waals surface area contributed by atoms with Crippen molar-refractivity contribution in [2.45, 2.75) is 52.3 Å². The molecule has 0 rings (SSSR count). The van der Waals surface area contributed by atoms with Gasteiger partial charge in [0.2, 0.25) is 0 Å². The van der Waals surface area contributed by atoms with Gasteiger partial charge in [0.1, 0.15) is 0 Å². The van der Waals surface area contributed by atoms with Crippen LogP contribution in [0.4, 0.5) is 0 Å². The van der Waals surface area contributed by atoms with Gasteiger partial charge in [-0.25, -0.2) is 0 Å². The number of halogens is 1. The summed E-state index contributed by atoms with van der Waals surface area (Å²) in [6, 6.07) is 0. The van der Waals surface area contributed by atoms with Gasteiger partial charge in [-0.1, -0.05) is 34.1 Å². The largest absolute Gasteiger partial charge is 0.123 e. The summed E-state index contributed by atoms with van der Waals surface area (Å²) in [5.74, 6) is 0. The second-order valence-electron chi connectivity index (χ2n) is 4.15. The summed E-state index contributed by atoms with van der Waals surface area (Å²) in [6.45, 7) is 8.88. The van der Waals surface area contributed by atoms with E-state index < -0.39 is 0 Å². The lowest BCUT2D eigenvalue weighted by Gasteiger charge is -2.21. The molecule has 1 atom stereocenters. The first-order valence-electron chi connectivity index (χ1n) is 4.10. The van der Waals surface area contributed by atoms with Crippen molar-refractivity contribution in [2.24, 2.45) is 5.41 Å². The Bertz CT molecular complexity index is 81.2. The van der Waals surface area contributed by atoms with E-state index in [1.165, 1.54) is 6.42 Å². The van der Waals surface area contributed by atoms with Crippen LogP contribution in [0, 0.1) is 5.41 Å². The van der Waals surface area contributed by atoms with Gasteiger partial charge in [0.25, 0.3) is 0 Å². The van der Waals surface area contributed by atoms with Crippen LogP contribution in [0.2, 0.25) is 0 Å². The van der Waals surface area contributed by atoms with Crippen LogP contribution in [0.1, 0.15) is 47.0 Å². The van der Waals surface area contributed by atoms with Gasteiger partial charge in [-0.2, -0.15) is 0 Å². The van der Waals surface area contributed by atoms with Gasteiger partial charge in [-0.15, -0.1) is 11.6 Å². The molecule has 0 aliphatic carbocycles. The third kappa shape index (κ3) is 6.41. The maximum absolute atomic E-state index is 6.07. The van der Waals surface area contributed by atoms with Crippen LogP contribution in [-0.2, 0) is 0 Å². The van der Waals surface area contributed by atoms with Gasteiger partial charge in [0.15, 0.2) is 0 Å². The van der Waals surface area contributed by atoms with Crippen molar-refractivity contribution in [3.63, 3.8) is 0 Å². The Morgan fingerprint density at radius 1 is 1.30 bits per heavy atom. The maximum atomic E-state index is 6.07. The van der Waals surface area contributed by atoms with Crippen molar-refractivity contribution in [1.29, 1.82) is 0 Å². The SMILES string of the molecule is CCCC(Cl)CC(C)(C)C. The van der Waals surface area contributed by atoms with Crippen LogP contribution < -0.4 is 0 Å². The third-order valence-electron chi connectivity index (χ3n) is 1.44. The highest BCUT2D eigenvalue weighted by Crippen LogP contribution is 2.25. The van der Waals surface area contributed by atoms with Crippen molar-refractivity contribution in [3.05, 3.63) is 0 Å². The van der Waals surface area contributed by atoms with Crippen molar-refractivity contribution >= 4 is 11.6 Å². The first-order valence-corrected chi connectivity index (χ1v) is 4.53. The Balaban J connectivity index is 3.47. The van der Waals surface area contributed by atoms with Gasteiger partial charge < -0.3 is 0 Å². The van der Waals surface area contributed by atoms with E-state index in [0.717, 1.165) is 12.8 Å². The average Bonchev–Trinajstić information content (AvgIpc) is 1.59. The van der Waals surface area contributed by atoms with Gasteiger partial charge >= 0.3 is 0 Å². The van der Waals surface area contributed by atoms with E-state index in [1.54, 1.807) is 0 Å². The molecule has 0 spiro atoms. The molecule has 1 heteroatoms. The lowest BCUT2D eigenvalue weighted by molar-refractivity contribution is 0.363. The first kappa shape index (κ1) is 10.3. The van der Waals surface area contributed by atoms with E-state index in [2.05, 4.69) is 27.7 Å². The summed E-state index contributed by atoms with van der Waals surface area (Å²) >= 11 is 6.07. The van der Waals surface area contributed by atoms with Crippen LogP contribution in [0.3, 0.4) is 0 Å². The van der Waals surface area contributed by atoms with Crippen LogP contribution in [0.15, 0.2) is 0 Å². The maximum Gasteiger partial charge on any atom is 0.0341 e. The number of rotatable bonds is 3. The van der Waals surface area contributed by atoms with Gasteiger partial charge in [0.05, 0.1) is 0 Å². The van der Waals surface area contributed by atoms with Crippen LogP contribution in [0.25, 0.3) is 0 Å². The summed E-state index contributed by atoms with van der Waals surface area (Å²) < 4.78 is 0. The normalized spacial score (nSPS) is 15.3. The molecule has 0 amide bonds. The molecule has 0 radical (unpaired) electrons. The fraction of sp³-hybridized carbons (Fsp3) is 1.00. The molecule has 0 N–H and O–H groups in total. The minimum Gasteiger partial charge on any atom is -0.123 e. The molecule has 62 valence electrons. The molecule has 0 fully saturated rings. The van der Waals surface area contributed by atoms with E-state index >= 15 is 0 Å². The van der Waals surface area contributed by atoms with Crippen molar-refractivity contribution in [1.82, 2.24) is 0 Å². The van der Waals surface area contributed by atoms with Crippen LogP contribution in [-0.4, -0.2) is 5.38 Å². The summed E-state index contributed by atoms with van der Waals surface area (Å²) in [6.07, 6.45) is 3.48. The van der Waals surface area contributed by atoms with Crippen molar-refractivity contribution in [2.75, 3.05) is 0 Å². The van der Waals surface area contributed by atoms with Gasteiger partial charge in [-0.05, 0) is 18.3 Å². The minimum atomic E-state index is 0.380. The molecule has 0 aliphatic rings. The average molecular weight is 163 g/mol. The summed E-state index contributed by atoms with van der Waals surface area (Å²) in [4.78, 5) is 0. The molecule has 0 aliphatic heterocycles. The van der Waals surface area contributed by atoms with E-state index in [4.69, 9.17) is 11.6 Å². The Hall–Kier alpha value is 0.290. The molecular weight excluding hydrogens is 144 g/mol. The highest BCUT2D eigenvalue weighted by Gasteiger charge is 2.15. The molecule has 0 aromatic carbocycles. The Morgan fingerprint density at radius 2 is 1.80 bits per heavy atom. The fourth-order valence-electron chi connectivity index (χ4n) is 1.08. The highest BCUT2D eigenvalue weighted by molar-refractivity contribution is 6.20. The summed E-state index contributed by atoms with van der Waals surface area (Å²) in [5, 5.41) is 0.380. The first-order chi connectivity index (χ1) is 4.45. The zero-order valence-corrected chi connectivity index (χ0v) is 8.33. The Labute approximate surface area is 70.0 Å². The number of alkyl halides is 1. The summed E-state index contributed by atoms with van der Waals surface area (Å²) in [7, 11) is 0. The summed E-state index contributed by atoms with van der Waals surface area (Å²) in [5.41, 5.74) is 0.390. The molecular formula is C9H19Cl. The van der Waals surface area contributed by atoms with Gasteiger partial charge in [-0.3, -0.25) is 0 Å².